The molecule has 88 valence electrons. The fourth-order valence-electron chi connectivity index (χ4n) is 1.27. The van der Waals surface area contributed by atoms with Crippen molar-refractivity contribution >= 4 is 10.2 Å². The molecule has 0 saturated heterocycles. The van der Waals surface area contributed by atoms with Crippen molar-refractivity contribution in [2.45, 2.75) is 25.2 Å². The molecule has 0 heterocycles. The molecule has 0 radical (unpaired) electrons. The molecule has 0 unspecified atom stereocenters. The molecule has 1 rings (SSSR count). The molecule has 0 fully saturated rings. The molecular weight excluding hydrogens is 235 g/mol. The minimum atomic E-state index is -9.51. The Morgan fingerprint density at radius 2 is 1.60 bits per heavy atom. The highest BCUT2D eigenvalue weighted by molar-refractivity contribution is 8.45. The van der Waals surface area contributed by atoms with Gasteiger partial charge in [0.15, 0.2) is 0 Å². The Hall–Kier alpha value is -0.780. The van der Waals surface area contributed by atoms with Gasteiger partial charge in [-0.3, -0.25) is 0 Å². The molecule has 1 aromatic carbocycles. The Morgan fingerprint density at radius 3 is 2.00 bits per heavy atom. The Kier molecular flexibility index (Phi) is 2.18. The van der Waals surface area contributed by atoms with Crippen LogP contribution in [-0.4, -0.2) is 0 Å². The van der Waals surface area contributed by atoms with Crippen LogP contribution in [0.5, 0.6) is 0 Å². The van der Waals surface area contributed by atoms with Gasteiger partial charge in [-0.1, -0.05) is 32.4 Å². The smallest absolute Gasteiger partial charge is 0.0936 e. The third kappa shape index (κ3) is 2.84. The van der Waals surface area contributed by atoms with Crippen molar-refractivity contribution < 1.29 is 19.4 Å². The predicted octanol–water partition coefficient (Wildman–Crippen LogP) is 5.21. The number of hydrogen-bond acceptors (Lipinski definition) is 0. The summed E-state index contributed by atoms with van der Waals surface area (Å²) in [7, 11) is -9.51. The van der Waals surface area contributed by atoms with Gasteiger partial charge in [-0.15, -0.1) is 0 Å². The van der Waals surface area contributed by atoms with Crippen molar-refractivity contribution in [3.05, 3.63) is 29.3 Å². The lowest BCUT2D eigenvalue weighted by Gasteiger charge is -2.40. The van der Waals surface area contributed by atoms with Gasteiger partial charge in [0.25, 0.3) is 0 Å². The molecule has 0 aromatic heterocycles. The van der Waals surface area contributed by atoms with Crippen molar-refractivity contribution in [3.8, 4) is 0 Å². The summed E-state index contributed by atoms with van der Waals surface area (Å²) in [6.07, 6.45) is 0.299. The lowest BCUT2D eigenvalue weighted by atomic mass is 10.1. The first-order valence-corrected chi connectivity index (χ1v) is 6.23. The monoisotopic (exact) mass is 246 g/mol. The standard InChI is InChI=1S/C9H11F5S/c1-3-8-6-9(5-4-7(8)2)15(10,11,12,13)14/h4-6H,3H2,1-2H3. The van der Waals surface area contributed by atoms with E-state index in [4.69, 9.17) is 0 Å². The van der Waals surface area contributed by atoms with Crippen molar-refractivity contribution in [1.82, 2.24) is 0 Å². The number of halogens is 5. The van der Waals surface area contributed by atoms with Crippen LogP contribution in [0.15, 0.2) is 23.1 Å². The quantitative estimate of drug-likeness (QED) is 0.628. The largest absolute Gasteiger partial charge is 0.310 e. The van der Waals surface area contributed by atoms with Crippen molar-refractivity contribution in [1.29, 1.82) is 0 Å². The maximum absolute atomic E-state index is 12.4. The van der Waals surface area contributed by atoms with Gasteiger partial charge in [-0.05, 0) is 36.6 Å². The average molecular weight is 246 g/mol. The third-order valence-electron chi connectivity index (χ3n) is 2.15. The van der Waals surface area contributed by atoms with E-state index in [2.05, 4.69) is 0 Å². The first-order chi connectivity index (χ1) is 6.44. The van der Waals surface area contributed by atoms with Gasteiger partial charge in [0.1, 0.15) is 4.90 Å². The lowest BCUT2D eigenvalue weighted by molar-refractivity contribution is 0.364. The third-order valence-corrected chi connectivity index (χ3v) is 3.29. The summed E-state index contributed by atoms with van der Waals surface area (Å²) < 4.78 is 62.0. The van der Waals surface area contributed by atoms with Crippen LogP contribution in [0.2, 0.25) is 0 Å². The van der Waals surface area contributed by atoms with Gasteiger partial charge in [-0.25, -0.2) is 0 Å². The molecule has 0 spiro atoms. The van der Waals surface area contributed by atoms with E-state index in [1.807, 2.05) is 0 Å². The van der Waals surface area contributed by atoms with Crippen LogP contribution in [0.3, 0.4) is 0 Å². The molecule has 1 aromatic rings. The minimum Gasteiger partial charge on any atom is -0.0936 e. The van der Waals surface area contributed by atoms with Gasteiger partial charge in [-0.2, -0.15) is 0 Å². The Balaban J connectivity index is 3.44. The van der Waals surface area contributed by atoms with Gasteiger partial charge in [0.2, 0.25) is 0 Å². The summed E-state index contributed by atoms with van der Waals surface area (Å²) in [5.74, 6) is 0. The van der Waals surface area contributed by atoms with Crippen molar-refractivity contribution in [3.63, 3.8) is 0 Å². The molecule has 0 saturated carbocycles. The zero-order valence-electron chi connectivity index (χ0n) is 8.24. The zero-order chi connectivity index (χ0) is 12.0. The molecule has 0 bridgehead atoms. The van der Waals surface area contributed by atoms with Crippen LogP contribution in [0, 0.1) is 6.92 Å². The normalized spacial score (nSPS) is 17.0. The van der Waals surface area contributed by atoms with Gasteiger partial charge >= 0.3 is 10.2 Å². The van der Waals surface area contributed by atoms with Gasteiger partial charge in [0, 0.05) is 0 Å². The zero-order valence-corrected chi connectivity index (χ0v) is 9.05. The van der Waals surface area contributed by atoms with E-state index in [0.717, 1.165) is 6.07 Å². The van der Waals surface area contributed by atoms with Crippen LogP contribution < -0.4 is 0 Å². The van der Waals surface area contributed by atoms with Crippen LogP contribution in [0.1, 0.15) is 18.1 Å². The summed E-state index contributed by atoms with van der Waals surface area (Å²) in [4.78, 5) is -1.81. The molecule has 0 aliphatic carbocycles. The predicted molar refractivity (Wildman–Crippen MR) is 52.0 cm³/mol. The van der Waals surface area contributed by atoms with Gasteiger partial charge < -0.3 is 0 Å². The molecule has 0 amide bonds. The number of benzene rings is 1. The SMILES string of the molecule is CCc1cc(S(F)(F)(F)(F)F)ccc1C. The van der Waals surface area contributed by atoms with Crippen LogP contribution in [0.4, 0.5) is 19.4 Å². The molecule has 0 atom stereocenters. The van der Waals surface area contributed by atoms with E-state index < -0.39 is 15.1 Å². The van der Waals surface area contributed by atoms with E-state index in [1.165, 1.54) is 0 Å². The summed E-state index contributed by atoms with van der Waals surface area (Å²) >= 11 is 0. The molecule has 6 heteroatoms. The van der Waals surface area contributed by atoms with Crippen LogP contribution in [-0.2, 0) is 6.42 Å². The van der Waals surface area contributed by atoms with Crippen molar-refractivity contribution in [2.75, 3.05) is 0 Å². The van der Waals surface area contributed by atoms with E-state index in [0.29, 0.717) is 29.7 Å². The van der Waals surface area contributed by atoms with E-state index in [1.54, 1.807) is 13.8 Å². The highest BCUT2D eigenvalue weighted by Gasteiger charge is 2.65. The maximum Gasteiger partial charge on any atom is 0.310 e. The Bertz CT molecular complexity index is 392. The number of aryl methyl sites for hydroxylation is 2. The highest BCUT2D eigenvalue weighted by atomic mass is 32.5. The highest BCUT2D eigenvalue weighted by Crippen LogP contribution is 3.02. The van der Waals surface area contributed by atoms with Gasteiger partial charge in [0.05, 0.1) is 0 Å². The van der Waals surface area contributed by atoms with Crippen LogP contribution >= 0.6 is 10.2 Å². The molecule has 15 heavy (non-hydrogen) atoms. The molecule has 0 nitrogen and oxygen atoms in total. The van der Waals surface area contributed by atoms with E-state index in [9.17, 15) is 19.4 Å². The summed E-state index contributed by atoms with van der Waals surface area (Å²) in [5, 5.41) is 0. The minimum absolute atomic E-state index is 0.292. The Labute approximate surface area is 84.8 Å². The number of hydrogen-bond donors (Lipinski definition) is 0. The topological polar surface area (TPSA) is 0 Å². The second-order valence-electron chi connectivity index (χ2n) is 3.41. The Morgan fingerprint density at radius 1 is 1.07 bits per heavy atom. The first-order valence-electron chi connectivity index (χ1n) is 4.27. The van der Waals surface area contributed by atoms with E-state index >= 15 is 0 Å². The molecule has 0 N–H and O–H groups in total. The average Bonchev–Trinajstić information content (AvgIpc) is 2.00. The molecule has 0 aliphatic heterocycles. The van der Waals surface area contributed by atoms with Crippen molar-refractivity contribution in [2.24, 2.45) is 0 Å². The fraction of sp³-hybridized carbons (Fsp3) is 0.333. The second kappa shape index (κ2) is 2.66. The maximum atomic E-state index is 12.4. The first kappa shape index (κ1) is 12.3. The van der Waals surface area contributed by atoms with Crippen LogP contribution in [0.25, 0.3) is 0 Å². The summed E-state index contributed by atoms with van der Waals surface area (Å²) in [5.41, 5.74) is 0.879. The molecule has 0 aliphatic rings. The summed E-state index contributed by atoms with van der Waals surface area (Å²) in [6, 6.07) is 2.05. The fourth-order valence-corrected chi connectivity index (χ4v) is 1.96. The molecular formula is C9H11F5S. The second-order valence-corrected chi connectivity index (χ2v) is 5.82. The van der Waals surface area contributed by atoms with E-state index in [-0.39, 0.29) is 0 Å². The summed E-state index contributed by atoms with van der Waals surface area (Å²) in [6.45, 7) is 3.21. The lowest BCUT2D eigenvalue weighted by Crippen LogP contribution is -2.06. The number of rotatable bonds is 2.